The van der Waals surface area contributed by atoms with Crippen LogP contribution in [0, 0.1) is 0 Å². The van der Waals surface area contributed by atoms with E-state index in [2.05, 4.69) is 30.2 Å². The number of nitrogens with one attached hydrogen (secondary N) is 1. The molecule has 0 aliphatic carbocycles. The Labute approximate surface area is 236 Å². The monoisotopic (exact) mass is 580 g/mol. The van der Waals surface area contributed by atoms with Crippen LogP contribution in [0.25, 0.3) is 33.5 Å². The molecule has 3 aromatic heterocycles. The van der Waals surface area contributed by atoms with E-state index >= 15 is 0 Å². The molecule has 1 fully saturated rings. The number of anilines is 3. The van der Waals surface area contributed by atoms with Crippen molar-refractivity contribution in [2.45, 2.75) is 25.2 Å². The second-order valence-electron chi connectivity index (χ2n) is 9.79. The number of fused-ring (bicyclic) bond motifs is 1. The minimum atomic E-state index is -4.65. The summed E-state index contributed by atoms with van der Waals surface area (Å²) in [5.41, 5.74) is -1.48. The fraction of sp³-hybridized carbons (Fsp3) is 0.200. The van der Waals surface area contributed by atoms with Gasteiger partial charge in [-0.1, -0.05) is 18.2 Å². The minimum Gasteiger partial charge on any atom is -0.357 e. The minimum absolute atomic E-state index is 0.0546. The van der Waals surface area contributed by atoms with E-state index in [0.29, 0.717) is 10.9 Å². The first-order chi connectivity index (χ1) is 20.1. The molecule has 42 heavy (non-hydrogen) atoms. The van der Waals surface area contributed by atoms with Gasteiger partial charge in [-0.15, -0.1) is 0 Å². The number of alkyl halides is 6. The maximum Gasteiger partial charge on any atom is 0.418 e. The van der Waals surface area contributed by atoms with Gasteiger partial charge < -0.3 is 10.2 Å². The summed E-state index contributed by atoms with van der Waals surface area (Å²) < 4.78 is 82.5. The van der Waals surface area contributed by atoms with Crippen LogP contribution in [-0.4, -0.2) is 33.0 Å². The van der Waals surface area contributed by atoms with Crippen molar-refractivity contribution in [1.82, 2.24) is 19.9 Å². The third-order valence-corrected chi connectivity index (χ3v) is 7.01. The molecule has 12 heteroatoms. The molecule has 0 amide bonds. The Morgan fingerprint density at radius 2 is 1.43 bits per heavy atom. The van der Waals surface area contributed by atoms with Crippen molar-refractivity contribution in [2.24, 2.45) is 0 Å². The van der Waals surface area contributed by atoms with Crippen molar-refractivity contribution in [1.29, 1.82) is 0 Å². The van der Waals surface area contributed by atoms with Gasteiger partial charge >= 0.3 is 12.4 Å². The number of rotatable bonds is 5. The highest BCUT2D eigenvalue weighted by Crippen LogP contribution is 2.39. The molecular formula is C30H22F6N6. The quantitative estimate of drug-likeness (QED) is 0.212. The highest BCUT2D eigenvalue weighted by Gasteiger charge is 2.35. The first-order valence-electron chi connectivity index (χ1n) is 13.1. The highest BCUT2D eigenvalue weighted by molar-refractivity contribution is 5.95. The van der Waals surface area contributed by atoms with E-state index in [-0.39, 0.29) is 34.1 Å². The Bertz CT molecular complexity index is 1750. The first kappa shape index (κ1) is 27.4. The molecule has 0 unspecified atom stereocenters. The van der Waals surface area contributed by atoms with Crippen LogP contribution in [-0.2, 0) is 12.4 Å². The van der Waals surface area contributed by atoms with E-state index in [1.807, 2.05) is 6.07 Å². The van der Waals surface area contributed by atoms with Crippen molar-refractivity contribution in [3.63, 3.8) is 0 Å². The van der Waals surface area contributed by atoms with Crippen LogP contribution < -0.4 is 10.2 Å². The number of hydrogen-bond acceptors (Lipinski definition) is 6. The van der Waals surface area contributed by atoms with E-state index in [4.69, 9.17) is 0 Å². The van der Waals surface area contributed by atoms with E-state index in [1.54, 1.807) is 12.3 Å². The molecule has 4 heterocycles. The van der Waals surface area contributed by atoms with Crippen LogP contribution in [0.3, 0.4) is 0 Å². The average molecular weight is 581 g/mol. The fourth-order valence-corrected chi connectivity index (χ4v) is 4.98. The molecular weight excluding hydrogens is 558 g/mol. The summed E-state index contributed by atoms with van der Waals surface area (Å²) in [5.74, 6) is 0.981. The Morgan fingerprint density at radius 3 is 2.14 bits per heavy atom. The number of pyridine rings is 2. The summed E-state index contributed by atoms with van der Waals surface area (Å²) >= 11 is 0. The zero-order valence-electron chi connectivity index (χ0n) is 21.8. The van der Waals surface area contributed by atoms with Crippen molar-refractivity contribution in [3.8, 4) is 22.6 Å². The van der Waals surface area contributed by atoms with E-state index in [0.717, 1.165) is 43.9 Å². The van der Waals surface area contributed by atoms with Crippen LogP contribution in [0.15, 0.2) is 79.1 Å². The van der Waals surface area contributed by atoms with Crippen molar-refractivity contribution in [2.75, 3.05) is 23.3 Å². The molecule has 5 aromatic rings. The SMILES string of the molecule is FC(F)(F)c1ccccc1Nc1nc(-c2ccc(N3CCCC3)nc2)nc2cc(-c3ncccc3C(F)(F)F)ccc12. The predicted molar refractivity (Wildman–Crippen MR) is 147 cm³/mol. The molecule has 1 aliphatic rings. The lowest BCUT2D eigenvalue weighted by Gasteiger charge is -2.17. The van der Waals surface area contributed by atoms with Crippen LogP contribution >= 0.6 is 0 Å². The molecule has 6 nitrogen and oxygen atoms in total. The Morgan fingerprint density at radius 1 is 0.714 bits per heavy atom. The molecule has 1 saturated heterocycles. The number of para-hydroxylation sites is 1. The lowest BCUT2D eigenvalue weighted by Crippen LogP contribution is -2.18. The lowest BCUT2D eigenvalue weighted by atomic mass is 10.0. The van der Waals surface area contributed by atoms with E-state index < -0.39 is 23.5 Å². The Kier molecular flexibility index (Phi) is 6.91. The van der Waals surface area contributed by atoms with Gasteiger partial charge in [0, 0.05) is 42.0 Å². The largest absolute Gasteiger partial charge is 0.418 e. The molecule has 0 spiro atoms. The summed E-state index contributed by atoms with van der Waals surface area (Å²) in [6.45, 7) is 1.78. The second-order valence-corrected chi connectivity index (χ2v) is 9.79. The number of benzene rings is 2. The van der Waals surface area contributed by atoms with Crippen LogP contribution in [0.4, 0.5) is 43.7 Å². The average Bonchev–Trinajstić information content (AvgIpc) is 3.51. The molecule has 0 atom stereocenters. The molecule has 1 N–H and O–H groups in total. The van der Waals surface area contributed by atoms with Gasteiger partial charge in [-0.25, -0.2) is 15.0 Å². The van der Waals surface area contributed by atoms with Gasteiger partial charge in [0.15, 0.2) is 5.82 Å². The molecule has 214 valence electrons. The van der Waals surface area contributed by atoms with Crippen LogP contribution in [0.5, 0.6) is 0 Å². The molecule has 0 bridgehead atoms. The van der Waals surface area contributed by atoms with Crippen LogP contribution in [0.2, 0.25) is 0 Å². The topological polar surface area (TPSA) is 66.8 Å². The number of halogens is 6. The predicted octanol–water partition coefficient (Wildman–Crippen LogP) is 8.14. The molecule has 0 saturated carbocycles. The normalized spacial score (nSPS) is 14.0. The smallest absolute Gasteiger partial charge is 0.357 e. The summed E-state index contributed by atoms with van der Waals surface area (Å²) in [4.78, 5) is 19.8. The third-order valence-electron chi connectivity index (χ3n) is 7.01. The van der Waals surface area contributed by atoms with Gasteiger partial charge in [0.2, 0.25) is 0 Å². The molecule has 0 radical (unpaired) electrons. The Balaban J connectivity index is 1.50. The van der Waals surface area contributed by atoms with Crippen molar-refractivity contribution >= 4 is 28.2 Å². The molecule has 2 aromatic carbocycles. The molecule has 1 aliphatic heterocycles. The summed E-state index contributed by atoms with van der Waals surface area (Å²) in [7, 11) is 0. The van der Waals surface area contributed by atoms with Crippen LogP contribution in [0.1, 0.15) is 24.0 Å². The second kappa shape index (κ2) is 10.6. The van der Waals surface area contributed by atoms with Gasteiger partial charge in [0.05, 0.1) is 28.0 Å². The van der Waals surface area contributed by atoms with Gasteiger partial charge in [0.25, 0.3) is 0 Å². The Hall–Kier alpha value is -4.74. The number of hydrogen-bond donors (Lipinski definition) is 1. The van der Waals surface area contributed by atoms with Gasteiger partial charge in [0.1, 0.15) is 11.6 Å². The standard InChI is InChI=1S/C30H22F6N6/c31-29(32,33)21-6-1-2-8-23(21)39-28-20-11-9-18(26-22(30(34,35)36)7-5-13-37-26)16-24(20)40-27(41-28)19-10-12-25(38-17-19)42-14-3-4-15-42/h1-2,5-13,16-17H,3-4,14-15H2,(H,39,40,41). The zero-order chi connectivity index (χ0) is 29.5. The summed E-state index contributed by atoms with van der Waals surface area (Å²) in [6, 6.07) is 15.0. The maximum atomic E-state index is 13.8. The lowest BCUT2D eigenvalue weighted by molar-refractivity contribution is -0.138. The summed E-state index contributed by atoms with van der Waals surface area (Å²) in [6.07, 6.45) is -4.31. The zero-order valence-corrected chi connectivity index (χ0v) is 21.8. The van der Waals surface area contributed by atoms with E-state index in [9.17, 15) is 26.3 Å². The maximum absolute atomic E-state index is 13.8. The highest BCUT2D eigenvalue weighted by atomic mass is 19.4. The van der Waals surface area contributed by atoms with Gasteiger partial charge in [-0.05, 0) is 61.4 Å². The van der Waals surface area contributed by atoms with Gasteiger partial charge in [-0.2, -0.15) is 26.3 Å². The summed E-state index contributed by atoms with van der Waals surface area (Å²) in [5, 5.41) is 3.10. The van der Waals surface area contributed by atoms with Crippen molar-refractivity contribution < 1.29 is 26.3 Å². The number of nitrogens with zero attached hydrogens (tertiary/aromatic N) is 5. The fourth-order valence-electron chi connectivity index (χ4n) is 4.98. The third kappa shape index (κ3) is 5.44. The van der Waals surface area contributed by atoms with Gasteiger partial charge in [-0.3, -0.25) is 4.98 Å². The number of aromatic nitrogens is 4. The first-order valence-corrected chi connectivity index (χ1v) is 13.1. The van der Waals surface area contributed by atoms with E-state index in [1.165, 1.54) is 48.7 Å². The molecule has 6 rings (SSSR count). The van der Waals surface area contributed by atoms with Crippen molar-refractivity contribution in [3.05, 3.63) is 90.3 Å².